The van der Waals surface area contributed by atoms with E-state index >= 15 is 0 Å². The van der Waals surface area contributed by atoms with E-state index in [-0.39, 0.29) is 0 Å². The second kappa shape index (κ2) is 11.9. The van der Waals surface area contributed by atoms with E-state index in [1.54, 1.807) is 12.1 Å². The molecule has 0 saturated heterocycles. The van der Waals surface area contributed by atoms with Gasteiger partial charge in [0.1, 0.15) is 6.07 Å². The van der Waals surface area contributed by atoms with Gasteiger partial charge in [0.25, 0.3) is 0 Å². The largest absolute Gasteiger partial charge is 0.204 e. The Balaban J connectivity index is 1.34. The van der Waals surface area contributed by atoms with Gasteiger partial charge in [-0.2, -0.15) is 9.65 Å². The maximum Gasteiger partial charge on any atom is 0.199 e. The molecule has 3 rings (SSSR count). The minimum atomic E-state index is -0.769. The van der Waals surface area contributed by atoms with Crippen LogP contribution in [0.25, 0.3) is 0 Å². The predicted octanol–water partition coefficient (Wildman–Crippen LogP) is 8.31. The van der Waals surface area contributed by atoms with Crippen molar-refractivity contribution in [2.75, 3.05) is 0 Å². The molecule has 0 radical (unpaired) electrons. The highest BCUT2D eigenvalue weighted by Crippen LogP contribution is 2.38. The Morgan fingerprint density at radius 3 is 2.19 bits per heavy atom. The van der Waals surface area contributed by atoms with E-state index in [9.17, 15) is 13.2 Å². The van der Waals surface area contributed by atoms with Gasteiger partial charge in [0.15, 0.2) is 17.5 Å². The molecule has 0 unspecified atom stereocenters. The van der Waals surface area contributed by atoms with Crippen molar-refractivity contribution in [1.82, 2.24) is 0 Å². The maximum absolute atomic E-state index is 13.5. The van der Waals surface area contributed by atoms with Crippen molar-refractivity contribution in [2.24, 2.45) is 17.8 Å². The van der Waals surface area contributed by atoms with Crippen LogP contribution in [0.4, 0.5) is 13.2 Å². The molecule has 0 aliphatic heterocycles. The minimum absolute atomic E-state index is 0.344. The van der Waals surface area contributed by atoms with Crippen LogP contribution in [-0.4, -0.2) is 0 Å². The molecule has 0 spiro atoms. The number of hydrogen-bond donors (Lipinski definition) is 0. The molecule has 1 aromatic carbocycles. The van der Waals surface area contributed by atoms with E-state index in [2.05, 4.69) is 12.2 Å². The zero-order valence-corrected chi connectivity index (χ0v) is 18.1. The van der Waals surface area contributed by atoms with Crippen LogP contribution < -0.4 is 0 Å². The van der Waals surface area contributed by atoms with Crippen LogP contribution in [0, 0.1) is 40.7 Å². The lowest BCUT2D eigenvalue weighted by atomic mass is 9.77. The normalized spacial score (nSPS) is 27.6. The van der Waals surface area contributed by atoms with E-state index < -0.39 is 17.5 Å². The van der Waals surface area contributed by atoms with E-state index in [0.29, 0.717) is 17.8 Å². The summed E-state index contributed by atoms with van der Waals surface area (Å²) >= 11 is 0. The van der Waals surface area contributed by atoms with Crippen LogP contribution in [0.3, 0.4) is 0 Å². The number of rotatable bonds is 7. The monoisotopic (exact) mass is 427 g/mol. The lowest BCUT2D eigenvalue weighted by molar-refractivity contribution is 0.295. The van der Waals surface area contributed by atoms with Crippen LogP contribution in [0.15, 0.2) is 54.4 Å². The Kier molecular flexibility index (Phi) is 9.00. The van der Waals surface area contributed by atoms with Crippen LogP contribution in [0.2, 0.25) is 0 Å². The fourth-order valence-corrected chi connectivity index (χ4v) is 5.01. The molecule has 2 fully saturated rings. The molecular formula is C27H32F3N. The zero-order valence-electron chi connectivity index (χ0n) is 18.1. The summed E-state index contributed by atoms with van der Waals surface area (Å²) in [5.74, 6) is 0.100. The second-order valence-corrected chi connectivity index (χ2v) is 9.08. The summed E-state index contributed by atoms with van der Waals surface area (Å²) in [6, 6.07) is 5.81. The molecule has 1 aromatic rings. The van der Waals surface area contributed by atoms with Gasteiger partial charge >= 0.3 is 0 Å². The van der Waals surface area contributed by atoms with E-state index in [1.165, 1.54) is 50.0 Å². The average Bonchev–Trinajstić information content (AvgIpc) is 2.80. The fraction of sp³-hybridized carbons (Fsp3) is 0.519. The average molecular weight is 428 g/mol. The van der Waals surface area contributed by atoms with Gasteiger partial charge in [-0.25, -0.2) is 8.78 Å². The molecule has 0 aromatic heterocycles. The van der Waals surface area contributed by atoms with Crippen LogP contribution in [0.1, 0.15) is 75.7 Å². The van der Waals surface area contributed by atoms with Gasteiger partial charge in [-0.05, 0) is 112 Å². The van der Waals surface area contributed by atoms with Crippen molar-refractivity contribution in [3.05, 3.63) is 71.6 Å². The molecule has 31 heavy (non-hydrogen) atoms. The van der Waals surface area contributed by atoms with Gasteiger partial charge in [-0.15, -0.1) is 0 Å². The predicted molar refractivity (Wildman–Crippen MR) is 119 cm³/mol. The third kappa shape index (κ3) is 7.42. The topological polar surface area (TPSA) is 23.8 Å². The van der Waals surface area contributed by atoms with Gasteiger partial charge < -0.3 is 0 Å². The number of benzene rings is 1. The lowest BCUT2D eigenvalue weighted by Gasteiger charge is -2.29. The highest BCUT2D eigenvalue weighted by Gasteiger charge is 2.23. The number of halogens is 3. The van der Waals surface area contributed by atoms with E-state index in [0.717, 1.165) is 50.0 Å². The summed E-state index contributed by atoms with van der Waals surface area (Å²) in [6.07, 6.45) is 20.9. The SMILES string of the molecule is N#CC(F)=CC=CCC[C@H]1CC[C@H](/C=C/[C@H]2CC[C@H](c3ccc(F)c(F)c3)CC2)CC1. The van der Waals surface area contributed by atoms with Crippen LogP contribution >= 0.6 is 0 Å². The van der Waals surface area contributed by atoms with Gasteiger partial charge in [-0.1, -0.05) is 30.4 Å². The molecule has 4 heteroatoms. The molecular weight excluding hydrogens is 395 g/mol. The Bertz CT molecular complexity index is 833. The molecule has 0 bridgehead atoms. The Labute approximate surface area is 184 Å². The number of nitriles is 1. The highest BCUT2D eigenvalue weighted by molar-refractivity contribution is 5.22. The Morgan fingerprint density at radius 1 is 0.935 bits per heavy atom. The summed E-state index contributed by atoms with van der Waals surface area (Å²) in [5, 5.41) is 8.37. The first-order valence-corrected chi connectivity index (χ1v) is 11.6. The second-order valence-electron chi connectivity index (χ2n) is 9.08. The molecule has 0 N–H and O–H groups in total. The van der Waals surface area contributed by atoms with Gasteiger partial charge in [0.05, 0.1) is 0 Å². The van der Waals surface area contributed by atoms with Gasteiger partial charge in [0, 0.05) is 0 Å². The first-order chi connectivity index (χ1) is 15.0. The maximum atomic E-state index is 13.5. The molecule has 2 aliphatic rings. The van der Waals surface area contributed by atoms with Crippen molar-refractivity contribution in [2.45, 2.75) is 70.1 Å². The van der Waals surface area contributed by atoms with Gasteiger partial charge in [0.2, 0.25) is 0 Å². The number of hydrogen-bond acceptors (Lipinski definition) is 1. The van der Waals surface area contributed by atoms with Gasteiger partial charge in [-0.3, -0.25) is 0 Å². The lowest BCUT2D eigenvalue weighted by Crippen LogP contribution is -2.14. The minimum Gasteiger partial charge on any atom is -0.204 e. The molecule has 0 heterocycles. The molecule has 2 saturated carbocycles. The molecule has 1 nitrogen and oxygen atoms in total. The number of nitrogens with zero attached hydrogens (tertiary/aromatic N) is 1. The smallest absolute Gasteiger partial charge is 0.199 e. The van der Waals surface area contributed by atoms with Crippen molar-refractivity contribution >= 4 is 0 Å². The third-order valence-corrected chi connectivity index (χ3v) is 6.96. The summed E-state index contributed by atoms with van der Waals surface area (Å²) in [7, 11) is 0. The first kappa shape index (κ1) is 23.4. The van der Waals surface area contributed by atoms with Crippen LogP contribution in [0.5, 0.6) is 0 Å². The molecule has 166 valence electrons. The first-order valence-electron chi connectivity index (χ1n) is 11.6. The van der Waals surface area contributed by atoms with E-state index in [1.807, 2.05) is 6.08 Å². The highest BCUT2D eigenvalue weighted by atomic mass is 19.2. The van der Waals surface area contributed by atoms with E-state index in [4.69, 9.17) is 5.26 Å². The van der Waals surface area contributed by atoms with Crippen molar-refractivity contribution < 1.29 is 13.2 Å². The zero-order chi connectivity index (χ0) is 22.1. The summed E-state index contributed by atoms with van der Waals surface area (Å²) in [5.41, 5.74) is 0.931. The summed E-state index contributed by atoms with van der Waals surface area (Å²) < 4.78 is 39.3. The summed E-state index contributed by atoms with van der Waals surface area (Å²) in [4.78, 5) is 0. The summed E-state index contributed by atoms with van der Waals surface area (Å²) in [6.45, 7) is 0. The fourth-order valence-electron chi connectivity index (χ4n) is 5.01. The molecule has 0 atom stereocenters. The Hall–Kier alpha value is -2.28. The Morgan fingerprint density at radius 2 is 1.58 bits per heavy atom. The van der Waals surface area contributed by atoms with Crippen molar-refractivity contribution in [3.8, 4) is 6.07 Å². The quantitative estimate of drug-likeness (QED) is 0.244. The third-order valence-electron chi connectivity index (χ3n) is 6.96. The molecule has 0 amide bonds. The van der Waals surface area contributed by atoms with Crippen molar-refractivity contribution in [1.29, 1.82) is 5.26 Å². The molecule has 2 aliphatic carbocycles. The number of allylic oxidation sites excluding steroid dienone is 6. The van der Waals surface area contributed by atoms with Crippen molar-refractivity contribution in [3.63, 3.8) is 0 Å². The standard InChI is InChI=1S/C27H32F3N/c28-25(19-31)5-3-1-2-4-20-6-8-21(9-7-20)10-11-22-12-14-23(15-13-22)24-16-17-26(29)27(30)18-24/h1,3,5,10-11,16-18,20-23H,2,4,6-9,12-15H2/b3-1?,11-10+,25-5?/t20-,21-,22-,23-. The van der Waals surface area contributed by atoms with Crippen LogP contribution in [-0.2, 0) is 0 Å².